The van der Waals surface area contributed by atoms with Crippen LogP contribution in [0.5, 0.6) is 11.5 Å². The van der Waals surface area contributed by atoms with Crippen LogP contribution in [0, 0.1) is 0 Å². The summed E-state index contributed by atoms with van der Waals surface area (Å²) in [6, 6.07) is 13.5. The van der Waals surface area contributed by atoms with Gasteiger partial charge in [0.15, 0.2) is 35.2 Å². The summed E-state index contributed by atoms with van der Waals surface area (Å²) in [5.74, 6) is -0.586. The van der Waals surface area contributed by atoms with Crippen molar-refractivity contribution in [2.45, 2.75) is 70.5 Å². The number of carboxylic acid groups (broad SMARTS) is 1. The second-order valence-corrected chi connectivity index (χ2v) is 10.3. The molecule has 0 spiro atoms. The van der Waals surface area contributed by atoms with Crippen molar-refractivity contribution >= 4 is 28.9 Å². The summed E-state index contributed by atoms with van der Waals surface area (Å²) in [5, 5.41) is 12.6. The lowest BCUT2D eigenvalue weighted by Gasteiger charge is -2.23. The number of hydrogen-bond acceptors (Lipinski definition) is 10. The van der Waals surface area contributed by atoms with Gasteiger partial charge < -0.3 is 38.5 Å². The molecule has 44 heavy (non-hydrogen) atoms. The monoisotopic (exact) mass is 612 g/mol. The first-order valence-corrected chi connectivity index (χ1v) is 15.1. The number of aromatic nitrogens is 1. The van der Waals surface area contributed by atoms with Crippen molar-refractivity contribution in [2.75, 3.05) is 33.2 Å². The molecule has 0 bridgehead atoms. The van der Waals surface area contributed by atoms with Crippen molar-refractivity contribution in [3.63, 3.8) is 0 Å². The molecule has 3 aromatic rings. The maximum absolute atomic E-state index is 13.1. The van der Waals surface area contributed by atoms with Gasteiger partial charge in [0.05, 0.1) is 6.61 Å². The predicted octanol–water partition coefficient (Wildman–Crippen LogP) is 4.22. The third-order valence-electron chi connectivity index (χ3n) is 7.01. The van der Waals surface area contributed by atoms with Gasteiger partial charge in [-0.05, 0) is 68.9 Å². The number of benzene rings is 2. The number of esters is 1. The molecule has 1 aliphatic heterocycles. The zero-order chi connectivity index (χ0) is 31.1. The van der Waals surface area contributed by atoms with E-state index < -0.39 is 36.7 Å². The highest BCUT2D eigenvalue weighted by Gasteiger charge is 2.36. The van der Waals surface area contributed by atoms with Crippen molar-refractivity contribution < 1.29 is 47.6 Å². The molecule has 2 atom stereocenters. The van der Waals surface area contributed by atoms with Gasteiger partial charge in [-0.3, -0.25) is 4.79 Å². The third kappa shape index (κ3) is 9.95. The molecule has 12 heteroatoms. The summed E-state index contributed by atoms with van der Waals surface area (Å²) >= 11 is 0. The first-order chi connectivity index (χ1) is 21.4. The Morgan fingerprint density at radius 2 is 1.73 bits per heavy atom. The second kappa shape index (κ2) is 17.2. The Kier molecular flexibility index (Phi) is 12.8. The van der Waals surface area contributed by atoms with Crippen LogP contribution in [0.25, 0.3) is 11.1 Å². The Labute approximate surface area is 256 Å². The van der Waals surface area contributed by atoms with Crippen molar-refractivity contribution in [2.24, 2.45) is 0 Å². The molecule has 0 saturated heterocycles. The number of oxazole rings is 1. The van der Waals surface area contributed by atoms with E-state index in [1.54, 1.807) is 6.92 Å². The smallest absolute Gasteiger partial charge is 0.336 e. The van der Waals surface area contributed by atoms with Crippen molar-refractivity contribution in [1.82, 2.24) is 10.3 Å². The number of unbranched alkanes of at least 4 members (excludes halogenated alkanes) is 4. The van der Waals surface area contributed by atoms with Gasteiger partial charge in [-0.2, -0.15) is 0 Å². The molecular weight excluding hydrogens is 572 g/mol. The summed E-state index contributed by atoms with van der Waals surface area (Å²) < 4.78 is 32.4. The average molecular weight is 613 g/mol. The van der Waals surface area contributed by atoms with Gasteiger partial charge in [0, 0.05) is 19.6 Å². The van der Waals surface area contributed by atoms with Crippen LogP contribution in [-0.2, 0) is 41.4 Å². The maximum atomic E-state index is 13.1. The van der Waals surface area contributed by atoms with E-state index in [9.17, 15) is 19.5 Å². The Bertz CT molecular complexity index is 1340. The van der Waals surface area contributed by atoms with Gasteiger partial charge in [-0.1, -0.05) is 31.0 Å². The minimum absolute atomic E-state index is 0.124. The van der Waals surface area contributed by atoms with Gasteiger partial charge in [0.25, 0.3) is 5.91 Å². The quantitative estimate of drug-likeness (QED) is 0.139. The predicted molar refractivity (Wildman–Crippen MR) is 158 cm³/mol. The van der Waals surface area contributed by atoms with E-state index in [1.807, 2.05) is 42.5 Å². The molecule has 0 fully saturated rings. The van der Waals surface area contributed by atoms with Gasteiger partial charge in [0.2, 0.25) is 6.79 Å². The maximum Gasteiger partial charge on any atom is 0.336 e. The normalized spacial score (nSPS) is 13.5. The summed E-state index contributed by atoms with van der Waals surface area (Å²) in [6.07, 6.45) is 2.94. The molecule has 1 aromatic heterocycles. The molecular formula is C32H40N2O10. The SMILES string of the molecule is CCOC(=O)COC(C(=O)O)C(OCCCCCc1nc2ccccc2o1)C(=O)NCCCCCc1ccc2c(c1)OCO2. The van der Waals surface area contributed by atoms with Crippen LogP contribution in [0.2, 0.25) is 0 Å². The standard InChI is InChI=1S/C32H40N2O10/c1-2-39-28(35)20-41-30(32(37)38)29(40-18-10-4-6-14-27-34-23-12-7-8-13-24(23)44-27)31(36)33-17-9-3-5-11-22-15-16-25-26(19-22)43-21-42-25/h7-8,12-13,15-16,19,29-30H,2-6,9-11,14,17-18,20-21H2,1H3,(H,33,36)(H,37,38). The number of hydrogen-bond donors (Lipinski definition) is 2. The first-order valence-electron chi connectivity index (χ1n) is 15.1. The highest BCUT2D eigenvalue weighted by Crippen LogP contribution is 2.32. The number of carbonyl (C=O) groups is 3. The van der Waals surface area contributed by atoms with Crippen LogP contribution >= 0.6 is 0 Å². The molecule has 2 N–H and O–H groups in total. The Morgan fingerprint density at radius 3 is 2.55 bits per heavy atom. The number of aryl methyl sites for hydroxylation is 2. The van der Waals surface area contributed by atoms with Crippen molar-refractivity contribution in [3.8, 4) is 11.5 Å². The van der Waals surface area contributed by atoms with Crippen LogP contribution in [0.4, 0.5) is 0 Å². The van der Waals surface area contributed by atoms with Gasteiger partial charge in [-0.15, -0.1) is 0 Å². The zero-order valence-electron chi connectivity index (χ0n) is 25.0. The topological polar surface area (TPSA) is 156 Å². The molecule has 4 rings (SSSR count). The number of nitrogens with one attached hydrogen (secondary N) is 1. The van der Waals surface area contributed by atoms with Crippen molar-refractivity contribution in [1.29, 1.82) is 0 Å². The Morgan fingerprint density at radius 1 is 0.932 bits per heavy atom. The highest BCUT2D eigenvalue weighted by atomic mass is 16.7. The number of ether oxygens (including phenoxy) is 5. The molecule has 2 aromatic carbocycles. The molecule has 238 valence electrons. The average Bonchev–Trinajstić information content (AvgIpc) is 3.65. The third-order valence-corrected chi connectivity index (χ3v) is 7.01. The number of carboxylic acids is 1. The molecule has 0 saturated carbocycles. The van der Waals surface area contributed by atoms with E-state index in [2.05, 4.69) is 10.3 Å². The second-order valence-electron chi connectivity index (χ2n) is 10.3. The summed E-state index contributed by atoms with van der Waals surface area (Å²) in [7, 11) is 0. The molecule has 0 aliphatic carbocycles. The summed E-state index contributed by atoms with van der Waals surface area (Å²) in [4.78, 5) is 41.4. The van der Waals surface area contributed by atoms with Crippen LogP contribution in [0.15, 0.2) is 46.9 Å². The lowest BCUT2D eigenvalue weighted by Crippen LogP contribution is -2.49. The largest absolute Gasteiger partial charge is 0.479 e. The highest BCUT2D eigenvalue weighted by molar-refractivity contribution is 5.88. The fraction of sp³-hybridized carbons (Fsp3) is 0.500. The number of aliphatic carboxylic acids is 1. The minimum atomic E-state index is -1.68. The Balaban J connectivity index is 1.21. The molecule has 2 heterocycles. The number of rotatable bonds is 20. The fourth-order valence-corrected chi connectivity index (χ4v) is 4.78. The van der Waals surface area contributed by atoms with Gasteiger partial charge >= 0.3 is 11.9 Å². The van der Waals surface area contributed by atoms with Gasteiger partial charge in [-0.25, -0.2) is 14.6 Å². The Hall–Kier alpha value is -4.16. The minimum Gasteiger partial charge on any atom is -0.479 e. The number of nitrogens with zero attached hydrogens (tertiary/aromatic N) is 1. The van der Waals surface area contributed by atoms with E-state index in [0.29, 0.717) is 31.7 Å². The lowest BCUT2D eigenvalue weighted by atomic mass is 10.1. The summed E-state index contributed by atoms with van der Waals surface area (Å²) in [5.41, 5.74) is 2.70. The number of para-hydroxylation sites is 2. The molecule has 0 radical (unpaired) electrons. The number of fused-ring (bicyclic) bond motifs is 2. The molecule has 1 amide bonds. The lowest BCUT2D eigenvalue weighted by molar-refractivity contribution is -0.174. The van der Waals surface area contributed by atoms with Crippen LogP contribution < -0.4 is 14.8 Å². The first kappa shape index (κ1) is 32.7. The van der Waals surface area contributed by atoms with Crippen LogP contribution in [0.1, 0.15) is 56.9 Å². The van der Waals surface area contributed by atoms with E-state index >= 15 is 0 Å². The van der Waals surface area contributed by atoms with Crippen LogP contribution in [-0.4, -0.2) is 73.3 Å². The molecule has 1 aliphatic rings. The molecule has 12 nitrogen and oxygen atoms in total. The van der Waals surface area contributed by atoms with Crippen LogP contribution in [0.3, 0.4) is 0 Å². The van der Waals surface area contributed by atoms with E-state index in [0.717, 1.165) is 60.3 Å². The van der Waals surface area contributed by atoms with Crippen molar-refractivity contribution in [3.05, 3.63) is 53.9 Å². The zero-order valence-corrected chi connectivity index (χ0v) is 25.0. The van der Waals surface area contributed by atoms with E-state index in [-0.39, 0.29) is 20.0 Å². The van der Waals surface area contributed by atoms with Gasteiger partial charge in [0.1, 0.15) is 12.1 Å². The van der Waals surface area contributed by atoms with E-state index in [1.165, 1.54) is 0 Å². The molecule has 2 unspecified atom stereocenters. The van der Waals surface area contributed by atoms with E-state index in [4.69, 9.17) is 28.1 Å². The summed E-state index contributed by atoms with van der Waals surface area (Å²) in [6.45, 7) is 1.86. The number of amides is 1. The number of carbonyl (C=O) groups excluding carboxylic acids is 2. The fourth-order valence-electron chi connectivity index (χ4n) is 4.78.